The first kappa shape index (κ1) is 21.0. The SMILES string of the molecule is O=C(c1cnc(-c2cnccn2)o1)N1CCc2[nH]cnc2[C@H]1c1cc2c(C(F)(F)F)cccn2n1. The number of aromatic nitrogens is 7. The van der Waals surface area contributed by atoms with Gasteiger partial charge in [0, 0.05) is 37.3 Å². The van der Waals surface area contributed by atoms with E-state index < -0.39 is 23.7 Å². The Hall–Kier alpha value is -4.55. The van der Waals surface area contributed by atoms with E-state index in [0.29, 0.717) is 17.8 Å². The van der Waals surface area contributed by atoms with Crippen molar-refractivity contribution in [3.63, 3.8) is 0 Å². The molecule has 0 radical (unpaired) electrons. The molecule has 1 amide bonds. The molecule has 0 aliphatic carbocycles. The molecule has 5 aromatic heterocycles. The summed E-state index contributed by atoms with van der Waals surface area (Å²) in [6, 6.07) is 2.78. The minimum Gasteiger partial charge on any atom is -0.429 e. The van der Waals surface area contributed by atoms with E-state index in [1.807, 2.05) is 0 Å². The summed E-state index contributed by atoms with van der Waals surface area (Å²) in [7, 11) is 0. The summed E-state index contributed by atoms with van der Waals surface area (Å²) in [6.45, 7) is 0.264. The van der Waals surface area contributed by atoms with Gasteiger partial charge in [0.1, 0.15) is 11.7 Å². The Labute approximate surface area is 194 Å². The number of pyridine rings is 1. The standard InChI is InChI=1S/C22H15F3N8O2/c23-22(24,25)12-2-1-6-33-16(12)8-14(31-33)19-18-13(29-11-30-18)3-7-32(19)21(34)17-10-28-20(35-17)15-9-26-4-5-27-15/h1-2,4-6,8-11,19H,3,7H2,(H,29,30)/t19-/m1/s1. The normalized spacial score (nSPS) is 16.0. The first-order valence-electron chi connectivity index (χ1n) is 10.5. The topological polar surface area (TPSA) is 118 Å². The third kappa shape index (κ3) is 3.52. The van der Waals surface area contributed by atoms with E-state index in [-0.39, 0.29) is 29.4 Å². The van der Waals surface area contributed by atoms with E-state index in [2.05, 4.69) is 30.0 Å². The van der Waals surface area contributed by atoms with Crippen LogP contribution in [-0.4, -0.2) is 51.9 Å². The number of hydrogen-bond donors (Lipinski definition) is 1. The molecule has 0 saturated heterocycles. The van der Waals surface area contributed by atoms with Crippen LogP contribution in [0, 0.1) is 0 Å². The minimum absolute atomic E-state index is 0.0469. The summed E-state index contributed by atoms with van der Waals surface area (Å²) in [4.78, 5) is 34.6. The minimum atomic E-state index is -4.56. The molecule has 176 valence electrons. The highest BCUT2D eigenvalue weighted by Crippen LogP contribution is 2.37. The average molecular weight is 480 g/mol. The van der Waals surface area contributed by atoms with Gasteiger partial charge >= 0.3 is 6.18 Å². The number of rotatable bonds is 3. The molecule has 0 spiro atoms. The quantitative estimate of drug-likeness (QED) is 0.421. The molecule has 6 heterocycles. The second-order valence-corrected chi connectivity index (χ2v) is 7.86. The highest BCUT2D eigenvalue weighted by molar-refractivity contribution is 5.92. The molecule has 0 bridgehead atoms. The number of halogens is 3. The molecular formula is C22H15F3N8O2. The van der Waals surface area contributed by atoms with Gasteiger partial charge < -0.3 is 14.3 Å². The highest BCUT2D eigenvalue weighted by atomic mass is 19.4. The smallest absolute Gasteiger partial charge is 0.418 e. The number of oxazole rings is 1. The molecule has 1 aliphatic heterocycles. The molecule has 1 atom stereocenters. The van der Waals surface area contributed by atoms with Crippen molar-refractivity contribution in [1.82, 2.24) is 39.4 Å². The Morgan fingerprint density at radius 1 is 1.17 bits per heavy atom. The second kappa shape index (κ2) is 7.75. The van der Waals surface area contributed by atoms with Crippen molar-refractivity contribution in [3.05, 3.63) is 83.9 Å². The molecule has 0 unspecified atom stereocenters. The van der Waals surface area contributed by atoms with E-state index in [9.17, 15) is 18.0 Å². The van der Waals surface area contributed by atoms with Gasteiger partial charge in [-0.25, -0.2) is 19.5 Å². The second-order valence-electron chi connectivity index (χ2n) is 7.86. The fourth-order valence-corrected chi connectivity index (χ4v) is 4.25. The Bertz CT molecular complexity index is 1540. The third-order valence-electron chi connectivity index (χ3n) is 5.79. The molecule has 10 nitrogen and oxygen atoms in total. The van der Waals surface area contributed by atoms with E-state index in [1.54, 1.807) is 0 Å². The lowest BCUT2D eigenvalue weighted by Crippen LogP contribution is -2.40. The number of fused-ring (bicyclic) bond motifs is 2. The van der Waals surface area contributed by atoms with E-state index in [1.165, 1.54) is 54.3 Å². The van der Waals surface area contributed by atoms with Crippen molar-refractivity contribution in [1.29, 1.82) is 0 Å². The molecule has 35 heavy (non-hydrogen) atoms. The Balaban J connectivity index is 1.42. The number of nitrogens with one attached hydrogen (secondary N) is 1. The predicted molar refractivity (Wildman–Crippen MR) is 113 cm³/mol. The summed E-state index contributed by atoms with van der Waals surface area (Å²) in [6.07, 6.45) is 4.54. The Morgan fingerprint density at radius 3 is 2.86 bits per heavy atom. The maximum absolute atomic E-state index is 13.6. The Morgan fingerprint density at radius 2 is 2.06 bits per heavy atom. The van der Waals surface area contributed by atoms with E-state index in [4.69, 9.17) is 4.42 Å². The van der Waals surface area contributed by atoms with Gasteiger partial charge in [0.2, 0.25) is 11.7 Å². The van der Waals surface area contributed by atoms with Crippen molar-refractivity contribution in [2.75, 3.05) is 6.54 Å². The van der Waals surface area contributed by atoms with Crippen LogP contribution in [0.3, 0.4) is 0 Å². The van der Waals surface area contributed by atoms with Gasteiger partial charge in [0.15, 0.2) is 0 Å². The van der Waals surface area contributed by atoms with Crippen molar-refractivity contribution < 1.29 is 22.4 Å². The molecule has 13 heteroatoms. The van der Waals surface area contributed by atoms with Crippen molar-refractivity contribution >= 4 is 11.4 Å². The van der Waals surface area contributed by atoms with Crippen LogP contribution in [0.4, 0.5) is 13.2 Å². The number of alkyl halides is 3. The Kier molecular flexibility index (Phi) is 4.65. The van der Waals surface area contributed by atoms with Crippen LogP contribution in [0.1, 0.15) is 39.2 Å². The number of H-pyrrole nitrogens is 1. The fourth-order valence-electron chi connectivity index (χ4n) is 4.25. The number of aromatic amines is 1. The predicted octanol–water partition coefficient (Wildman–Crippen LogP) is 3.31. The van der Waals surface area contributed by atoms with Gasteiger partial charge in [-0.2, -0.15) is 18.3 Å². The highest BCUT2D eigenvalue weighted by Gasteiger charge is 2.39. The maximum Gasteiger partial charge on any atom is 0.418 e. The number of hydrogen-bond acceptors (Lipinski definition) is 7. The number of carbonyl (C=O) groups is 1. The van der Waals surface area contributed by atoms with Gasteiger partial charge in [0.25, 0.3) is 5.91 Å². The molecule has 5 aromatic rings. The summed E-state index contributed by atoms with van der Waals surface area (Å²) in [5, 5.41) is 4.37. The lowest BCUT2D eigenvalue weighted by molar-refractivity contribution is -0.136. The molecule has 0 saturated carbocycles. The van der Waals surface area contributed by atoms with Gasteiger partial charge in [-0.3, -0.25) is 9.78 Å². The lowest BCUT2D eigenvalue weighted by atomic mass is 9.99. The van der Waals surface area contributed by atoms with E-state index >= 15 is 0 Å². The molecule has 6 rings (SSSR count). The van der Waals surface area contributed by atoms with Crippen LogP contribution >= 0.6 is 0 Å². The largest absolute Gasteiger partial charge is 0.429 e. The number of amides is 1. The average Bonchev–Trinajstić information content (AvgIpc) is 3.61. The summed E-state index contributed by atoms with van der Waals surface area (Å²) in [5.74, 6) is -0.424. The van der Waals surface area contributed by atoms with Crippen LogP contribution in [-0.2, 0) is 12.6 Å². The van der Waals surface area contributed by atoms with Crippen LogP contribution in [0.15, 0.2) is 59.9 Å². The van der Waals surface area contributed by atoms with Crippen LogP contribution in [0.25, 0.3) is 17.1 Å². The molecule has 0 aromatic carbocycles. The van der Waals surface area contributed by atoms with Crippen LogP contribution < -0.4 is 0 Å². The number of nitrogens with zero attached hydrogens (tertiary/aromatic N) is 7. The molecular weight excluding hydrogens is 465 g/mol. The monoisotopic (exact) mass is 480 g/mol. The molecule has 0 fully saturated rings. The number of carbonyl (C=O) groups excluding carboxylic acids is 1. The third-order valence-corrected chi connectivity index (χ3v) is 5.79. The van der Waals surface area contributed by atoms with Crippen molar-refractivity contribution in [2.45, 2.75) is 18.6 Å². The van der Waals surface area contributed by atoms with Gasteiger partial charge in [-0.1, -0.05) is 0 Å². The van der Waals surface area contributed by atoms with Crippen LogP contribution in [0.5, 0.6) is 0 Å². The molecule has 1 aliphatic rings. The number of imidazole rings is 1. The van der Waals surface area contributed by atoms with Gasteiger partial charge in [0.05, 0.1) is 41.2 Å². The zero-order valence-corrected chi connectivity index (χ0v) is 17.8. The lowest BCUT2D eigenvalue weighted by Gasteiger charge is -2.33. The van der Waals surface area contributed by atoms with Crippen molar-refractivity contribution in [2.24, 2.45) is 0 Å². The van der Waals surface area contributed by atoms with Gasteiger partial charge in [-0.05, 0) is 18.2 Å². The summed E-state index contributed by atoms with van der Waals surface area (Å²) in [5.41, 5.74) is 0.960. The first-order valence-corrected chi connectivity index (χ1v) is 10.5. The fraction of sp³-hybridized carbons (Fsp3) is 0.182. The zero-order chi connectivity index (χ0) is 24.2. The summed E-state index contributed by atoms with van der Waals surface area (Å²) < 4.78 is 47.5. The zero-order valence-electron chi connectivity index (χ0n) is 17.8. The van der Waals surface area contributed by atoms with Crippen molar-refractivity contribution in [3.8, 4) is 11.6 Å². The van der Waals surface area contributed by atoms with E-state index in [0.717, 1.165) is 16.3 Å². The van der Waals surface area contributed by atoms with Gasteiger partial charge in [-0.15, -0.1) is 0 Å². The summed E-state index contributed by atoms with van der Waals surface area (Å²) >= 11 is 0. The molecule has 1 N–H and O–H groups in total. The first-order chi connectivity index (χ1) is 16.9. The maximum atomic E-state index is 13.6. The van der Waals surface area contributed by atoms with Crippen LogP contribution in [0.2, 0.25) is 0 Å².